The highest BCUT2D eigenvalue weighted by Crippen LogP contribution is 2.53. The lowest BCUT2D eigenvalue weighted by Gasteiger charge is -2.30. The zero-order chi connectivity index (χ0) is 26.4. The van der Waals surface area contributed by atoms with Crippen LogP contribution in [0.2, 0.25) is 0 Å². The van der Waals surface area contributed by atoms with Crippen molar-refractivity contribution in [3.8, 4) is 11.5 Å². The summed E-state index contributed by atoms with van der Waals surface area (Å²) in [5.74, 6) is -3.11. The van der Waals surface area contributed by atoms with Crippen molar-refractivity contribution >= 4 is 52.5 Å². The van der Waals surface area contributed by atoms with Gasteiger partial charge in [0.25, 0.3) is 5.91 Å². The number of ether oxygens (including phenoxy) is 1. The molecule has 11 nitrogen and oxygen atoms in total. The third kappa shape index (κ3) is 4.25. The first-order valence-corrected chi connectivity index (χ1v) is 12.7. The number of hydrogen-bond acceptors (Lipinski definition) is 9. The Morgan fingerprint density at radius 2 is 1.73 bits per heavy atom. The van der Waals surface area contributed by atoms with Gasteiger partial charge in [-0.25, -0.2) is 4.79 Å². The van der Waals surface area contributed by atoms with Gasteiger partial charge in [-0.2, -0.15) is 4.90 Å². The summed E-state index contributed by atoms with van der Waals surface area (Å²) in [6.07, 6.45) is 0. The Balaban J connectivity index is 1.53. The van der Waals surface area contributed by atoms with E-state index >= 15 is 0 Å². The molecule has 0 radical (unpaired) electrons. The number of rotatable bonds is 5. The van der Waals surface area contributed by atoms with E-state index in [9.17, 15) is 29.1 Å². The van der Waals surface area contributed by atoms with Crippen LogP contribution in [0.5, 0.6) is 11.5 Å². The number of phenolic OH excluding ortho intramolecular Hbond substituents is 1. The van der Waals surface area contributed by atoms with E-state index in [2.05, 4.69) is 5.32 Å². The van der Waals surface area contributed by atoms with Crippen LogP contribution >= 0.6 is 23.1 Å². The smallest absolute Gasteiger partial charge is 0.328 e. The summed E-state index contributed by atoms with van der Waals surface area (Å²) in [4.78, 5) is 64.4. The second kappa shape index (κ2) is 9.41. The number of aromatic nitrogens is 1. The quantitative estimate of drug-likeness (QED) is 0.414. The van der Waals surface area contributed by atoms with Gasteiger partial charge in [0.05, 0.1) is 18.1 Å². The number of nitrogens with zero attached hydrogens (tertiary/aromatic N) is 2. The van der Waals surface area contributed by atoms with Gasteiger partial charge in [0, 0.05) is 16.5 Å². The minimum absolute atomic E-state index is 0.000689. The van der Waals surface area contributed by atoms with Crippen molar-refractivity contribution in [3.05, 3.63) is 68.6 Å². The molecule has 3 heterocycles. The number of thiazole rings is 1. The maximum absolute atomic E-state index is 13.2. The molecule has 13 heteroatoms. The van der Waals surface area contributed by atoms with Gasteiger partial charge in [-0.05, 0) is 42.0 Å². The highest BCUT2D eigenvalue weighted by Gasteiger charge is 2.57. The van der Waals surface area contributed by atoms with Gasteiger partial charge < -0.3 is 20.9 Å². The number of carbonyl (C=O) groups is 4. The molecule has 5 rings (SSSR count). The average molecular weight is 541 g/mol. The van der Waals surface area contributed by atoms with E-state index in [0.29, 0.717) is 31.8 Å². The number of thioether (sulfide) groups is 1. The number of benzene rings is 2. The van der Waals surface area contributed by atoms with Crippen LogP contribution < -0.4 is 20.7 Å². The predicted molar refractivity (Wildman–Crippen MR) is 135 cm³/mol. The summed E-state index contributed by atoms with van der Waals surface area (Å²) in [6, 6.07) is 11.5. The second-order valence-electron chi connectivity index (χ2n) is 8.38. The number of aromatic hydroxyl groups is 1. The minimum Gasteiger partial charge on any atom is -0.508 e. The van der Waals surface area contributed by atoms with Crippen LogP contribution in [0.25, 0.3) is 0 Å². The van der Waals surface area contributed by atoms with Crippen LogP contribution in [0.15, 0.2) is 58.4 Å². The molecule has 1 saturated heterocycles. The van der Waals surface area contributed by atoms with Gasteiger partial charge in [0.2, 0.25) is 11.8 Å². The van der Waals surface area contributed by atoms with Crippen molar-refractivity contribution in [2.75, 3.05) is 12.4 Å². The van der Waals surface area contributed by atoms with Crippen LogP contribution in [0.3, 0.4) is 0 Å². The Morgan fingerprint density at radius 1 is 1.05 bits per heavy atom. The van der Waals surface area contributed by atoms with Gasteiger partial charge in [0.1, 0.15) is 23.3 Å². The maximum atomic E-state index is 13.2. The number of nitrogens with one attached hydrogen (secondary N) is 1. The van der Waals surface area contributed by atoms with E-state index in [-0.39, 0.29) is 12.3 Å². The number of phenols is 1. The largest absolute Gasteiger partial charge is 0.508 e. The molecule has 37 heavy (non-hydrogen) atoms. The Morgan fingerprint density at radius 3 is 2.35 bits per heavy atom. The standard InChI is InChI=1S/C24H20N4O7S2/c1-35-14-8-4-12(5-9-14)26-15(30)10-27-22-19(37-24(27)34)16(11-2-6-13(29)7-3-11)17-18(36-22)21(32)28(20(17)31)23(25)33/h2-9,16-18,29H,10H2,1H3,(H2,25,33)(H,26,30)/t16-,17+,18-/m0/s1. The molecule has 0 bridgehead atoms. The van der Waals surface area contributed by atoms with E-state index in [4.69, 9.17) is 10.5 Å². The molecule has 190 valence electrons. The lowest BCUT2D eigenvalue weighted by Crippen LogP contribution is -2.41. The van der Waals surface area contributed by atoms with E-state index in [1.807, 2.05) is 0 Å². The van der Waals surface area contributed by atoms with Gasteiger partial charge in [0.15, 0.2) is 0 Å². The van der Waals surface area contributed by atoms with E-state index in [1.165, 1.54) is 23.8 Å². The molecule has 2 aliphatic heterocycles. The molecule has 5 amide bonds. The number of imide groups is 3. The van der Waals surface area contributed by atoms with E-state index < -0.39 is 45.7 Å². The van der Waals surface area contributed by atoms with Crippen LogP contribution in [-0.4, -0.2) is 50.7 Å². The number of urea groups is 1. The summed E-state index contributed by atoms with van der Waals surface area (Å²) in [5, 5.41) is 11.8. The highest BCUT2D eigenvalue weighted by atomic mass is 32.2. The zero-order valence-electron chi connectivity index (χ0n) is 19.2. The molecule has 1 aromatic heterocycles. The number of primary amides is 1. The third-order valence-corrected chi connectivity index (χ3v) is 8.80. The summed E-state index contributed by atoms with van der Waals surface area (Å²) in [6.45, 7) is -0.328. The normalized spacial score (nSPS) is 20.4. The molecule has 3 aromatic rings. The molecule has 3 atom stereocenters. The predicted octanol–water partition coefficient (Wildman–Crippen LogP) is 1.93. The molecule has 0 aliphatic carbocycles. The van der Waals surface area contributed by atoms with Crippen molar-refractivity contribution in [3.63, 3.8) is 0 Å². The minimum atomic E-state index is -1.17. The van der Waals surface area contributed by atoms with E-state index in [0.717, 1.165) is 23.1 Å². The van der Waals surface area contributed by atoms with E-state index in [1.54, 1.807) is 36.4 Å². The summed E-state index contributed by atoms with van der Waals surface area (Å²) >= 11 is 1.84. The Bertz CT molecular complexity index is 1480. The number of anilines is 1. The van der Waals surface area contributed by atoms with Crippen molar-refractivity contribution in [2.45, 2.75) is 22.7 Å². The Kier molecular flexibility index (Phi) is 6.25. The molecule has 0 saturated carbocycles. The topological polar surface area (TPSA) is 161 Å². The van der Waals surface area contributed by atoms with Gasteiger partial charge in [-0.1, -0.05) is 35.2 Å². The molecule has 1 fully saturated rings. The number of hydrogen-bond donors (Lipinski definition) is 3. The number of nitrogens with two attached hydrogens (primary N) is 1. The highest BCUT2D eigenvalue weighted by molar-refractivity contribution is 8.00. The monoisotopic (exact) mass is 540 g/mol. The molecule has 0 unspecified atom stereocenters. The zero-order valence-corrected chi connectivity index (χ0v) is 20.9. The van der Waals surface area contributed by atoms with Crippen molar-refractivity contribution in [1.29, 1.82) is 0 Å². The van der Waals surface area contributed by atoms with Crippen LogP contribution in [0, 0.1) is 5.92 Å². The van der Waals surface area contributed by atoms with Gasteiger partial charge in [-0.15, -0.1) is 0 Å². The fraction of sp³-hybridized carbons (Fsp3) is 0.208. The number of carbonyl (C=O) groups excluding carboxylic acids is 4. The van der Waals surface area contributed by atoms with Crippen molar-refractivity contribution in [1.82, 2.24) is 9.47 Å². The summed E-state index contributed by atoms with van der Waals surface area (Å²) in [5.41, 5.74) is 6.39. The SMILES string of the molecule is COc1ccc(NC(=O)Cn2c3c(sc2=O)[C@@H](c2ccc(O)cc2)[C@H]2C(=O)N(C(N)=O)C(=O)[C@H]2S3)cc1. The number of amides is 5. The van der Waals surface area contributed by atoms with Crippen molar-refractivity contribution in [2.24, 2.45) is 11.7 Å². The lowest BCUT2D eigenvalue weighted by molar-refractivity contribution is -0.135. The van der Waals surface area contributed by atoms with Gasteiger partial charge in [-0.3, -0.25) is 23.7 Å². The number of methoxy groups -OCH3 is 1. The molecular weight excluding hydrogens is 520 g/mol. The second-order valence-corrected chi connectivity index (χ2v) is 10.5. The van der Waals surface area contributed by atoms with Crippen LogP contribution in [-0.2, 0) is 20.9 Å². The number of likely N-dealkylation sites (tertiary alicyclic amines) is 1. The summed E-state index contributed by atoms with van der Waals surface area (Å²) < 4.78 is 6.37. The van der Waals surface area contributed by atoms with Crippen LogP contribution in [0.4, 0.5) is 10.5 Å². The molecule has 2 aromatic carbocycles. The fourth-order valence-corrected chi connectivity index (χ4v) is 7.30. The summed E-state index contributed by atoms with van der Waals surface area (Å²) in [7, 11) is 1.53. The first-order chi connectivity index (χ1) is 17.7. The third-order valence-electron chi connectivity index (χ3n) is 6.20. The van der Waals surface area contributed by atoms with Crippen molar-refractivity contribution < 1.29 is 29.0 Å². The molecule has 4 N–H and O–H groups in total. The Hall–Kier alpha value is -4.10. The lowest BCUT2D eigenvalue weighted by atomic mass is 9.83. The number of fused-ring (bicyclic) bond motifs is 2. The molecule has 2 aliphatic rings. The Labute approximate surface area is 217 Å². The molecule has 0 spiro atoms. The molecular formula is C24H20N4O7S2. The first kappa shape index (κ1) is 24.6. The first-order valence-electron chi connectivity index (χ1n) is 11.0. The van der Waals surface area contributed by atoms with Gasteiger partial charge >= 0.3 is 10.9 Å². The maximum Gasteiger partial charge on any atom is 0.328 e. The van der Waals surface area contributed by atoms with Crippen LogP contribution in [0.1, 0.15) is 16.4 Å². The fourth-order valence-electron chi connectivity index (χ4n) is 4.53. The average Bonchev–Trinajstić information content (AvgIpc) is 3.31.